The molecule has 2 aromatic rings. The van der Waals surface area contributed by atoms with Gasteiger partial charge in [0.15, 0.2) is 6.67 Å². The Morgan fingerprint density at radius 3 is 2.76 bits per heavy atom. The molecule has 0 saturated heterocycles. The lowest BCUT2D eigenvalue weighted by Crippen LogP contribution is -2.39. The van der Waals surface area contributed by atoms with Gasteiger partial charge in [0.05, 0.1) is 18.7 Å². The Kier molecular flexibility index (Phi) is 6.10. The van der Waals surface area contributed by atoms with Crippen LogP contribution >= 0.6 is 0 Å². The maximum absolute atomic E-state index is 12.3. The van der Waals surface area contributed by atoms with Crippen LogP contribution in [0, 0.1) is 0 Å². The molecule has 0 spiro atoms. The number of nitrogens with zero attached hydrogens (tertiary/aromatic N) is 1. The summed E-state index contributed by atoms with van der Waals surface area (Å²) < 4.78 is 23.2. The van der Waals surface area contributed by atoms with E-state index in [2.05, 4.69) is 10.3 Å². The average Bonchev–Trinajstić information content (AvgIpc) is 2.63. The summed E-state index contributed by atoms with van der Waals surface area (Å²) in [4.78, 5) is 26.9. The van der Waals surface area contributed by atoms with Crippen molar-refractivity contribution in [3.05, 3.63) is 30.0 Å². The Hall–Kier alpha value is -2.90. The molecule has 1 aromatic carbocycles. The second-order valence-corrected chi connectivity index (χ2v) is 5.37. The van der Waals surface area contributed by atoms with Crippen LogP contribution in [0.25, 0.3) is 10.8 Å². The highest BCUT2D eigenvalue weighted by molar-refractivity contribution is 6.01. The van der Waals surface area contributed by atoms with Crippen LogP contribution in [0.4, 0.5) is 4.39 Å². The van der Waals surface area contributed by atoms with Crippen molar-refractivity contribution in [3.63, 3.8) is 0 Å². The van der Waals surface area contributed by atoms with Crippen LogP contribution in [0.15, 0.2) is 24.4 Å². The molecule has 0 radical (unpaired) electrons. The molecule has 1 aromatic heterocycles. The molecule has 25 heavy (non-hydrogen) atoms. The standard InChI is InChI=1S/C17H20FN3O4/c1-3-11(21-15(22)8-18)9-25-17-12-7-14(24-2)13(16(19)23)6-10(12)4-5-20-17/h4-7,11H,3,8-9H2,1-2H3,(H2,19,23)(H,21,22)/t11-/m0/s1. The third kappa shape index (κ3) is 4.34. The molecule has 1 heterocycles. The monoisotopic (exact) mass is 349 g/mol. The summed E-state index contributed by atoms with van der Waals surface area (Å²) in [7, 11) is 1.43. The maximum atomic E-state index is 12.3. The van der Waals surface area contributed by atoms with Crippen LogP contribution in [0.1, 0.15) is 23.7 Å². The molecule has 1 atom stereocenters. The molecule has 0 aliphatic heterocycles. The van der Waals surface area contributed by atoms with Crippen molar-refractivity contribution in [3.8, 4) is 11.6 Å². The second-order valence-electron chi connectivity index (χ2n) is 5.37. The summed E-state index contributed by atoms with van der Waals surface area (Å²) in [5, 5.41) is 3.87. The predicted octanol–water partition coefficient (Wildman–Crippen LogP) is 1.59. The smallest absolute Gasteiger partial charge is 0.252 e. The van der Waals surface area contributed by atoms with Gasteiger partial charge in [0.2, 0.25) is 5.88 Å². The highest BCUT2D eigenvalue weighted by Gasteiger charge is 2.15. The van der Waals surface area contributed by atoms with Gasteiger partial charge in [0.1, 0.15) is 12.4 Å². The zero-order valence-electron chi connectivity index (χ0n) is 14.0. The average molecular weight is 349 g/mol. The van der Waals surface area contributed by atoms with Gasteiger partial charge in [0.25, 0.3) is 11.8 Å². The second kappa shape index (κ2) is 8.27. The molecule has 2 amide bonds. The molecule has 7 nitrogen and oxygen atoms in total. The third-order valence-electron chi connectivity index (χ3n) is 3.71. The van der Waals surface area contributed by atoms with Crippen LogP contribution in [0.2, 0.25) is 0 Å². The third-order valence-corrected chi connectivity index (χ3v) is 3.71. The Morgan fingerprint density at radius 1 is 1.40 bits per heavy atom. The summed E-state index contributed by atoms with van der Waals surface area (Å²) >= 11 is 0. The SMILES string of the molecule is CC[C@@H](COc1nccc2cc(C(N)=O)c(OC)cc12)NC(=O)CF. The number of carbonyl (C=O) groups excluding carboxylic acids is 2. The number of primary amides is 1. The van der Waals surface area contributed by atoms with Gasteiger partial charge in [-0.05, 0) is 30.0 Å². The fourth-order valence-electron chi connectivity index (χ4n) is 2.36. The quantitative estimate of drug-likeness (QED) is 0.753. The van der Waals surface area contributed by atoms with Crippen molar-refractivity contribution in [1.82, 2.24) is 10.3 Å². The number of hydrogen-bond acceptors (Lipinski definition) is 5. The Bertz CT molecular complexity index is 782. The van der Waals surface area contributed by atoms with E-state index in [1.807, 2.05) is 6.92 Å². The number of carbonyl (C=O) groups is 2. The summed E-state index contributed by atoms with van der Waals surface area (Å²) in [5.74, 6) is -0.650. The lowest BCUT2D eigenvalue weighted by Gasteiger charge is -2.17. The molecule has 0 aliphatic carbocycles. The molecule has 0 saturated carbocycles. The highest BCUT2D eigenvalue weighted by Crippen LogP contribution is 2.30. The minimum atomic E-state index is -1.07. The van der Waals surface area contributed by atoms with E-state index in [1.54, 1.807) is 18.2 Å². The van der Waals surface area contributed by atoms with Gasteiger partial charge in [-0.2, -0.15) is 0 Å². The van der Waals surface area contributed by atoms with Gasteiger partial charge >= 0.3 is 0 Å². The largest absolute Gasteiger partial charge is 0.496 e. The topological polar surface area (TPSA) is 104 Å². The van der Waals surface area contributed by atoms with E-state index in [-0.39, 0.29) is 18.2 Å². The number of rotatable bonds is 8. The van der Waals surface area contributed by atoms with Crippen molar-refractivity contribution in [2.24, 2.45) is 5.73 Å². The summed E-state index contributed by atoms with van der Waals surface area (Å²) in [6.07, 6.45) is 2.11. The van der Waals surface area contributed by atoms with Crippen molar-refractivity contribution >= 4 is 22.6 Å². The lowest BCUT2D eigenvalue weighted by atomic mass is 10.1. The van der Waals surface area contributed by atoms with Crippen LogP contribution in [0.3, 0.4) is 0 Å². The summed E-state index contributed by atoms with van der Waals surface area (Å²) in [6.45, 7) is 0.912. The first-order valence-corrected chi connectivity index (χ1v) is 7.74. The number of nitrogens with two attached hydrogens (primary N) is 1. The van der Waals surface area contributed by atoms with Crippen molar-refractivity contribution < 1.29 is 23.5 Å². The molecule has 8 heteroatoms. The molecular weight excluding hydrogens is 329 g/mol. The zero-order valence-corrected chi connectivity index (χ0v) is 14.0. The molecule has 2 rings (SSSR count). The first kappa shape index (κ1) is 18.4. The summed E-state index contributed by atoms with van der Waals surface area (Å²) in [6, 6.07) is 4.61. The fourth-order valence-corrected chi connectivity index (χ4v) is 2.36. The number of methoxy groups -OCH3 is 1. The van der Waals surface area contributed by atoms with E-state index in [1.165, 1.54) is 13.3 Å². The number of amides is 2. The molecule has 3 N–H and O–H groups in total. The van der Waals surface area contributed by atoms with E-state index in [4.69, 9.17) is 15.2 Å². The van der Waals surface area contributed by atoms with Crippen LogP contribution in [-0.2, 0) is 4.79 Å². The first-order chi connectivity index (χ1) is 12.0. The number of fused-ring (bicyclic) bond motifs is 1. The van der Waals surface area contributed by atoms with E-state index >= 15 is 0 Å². The van der Waals surface area contributed by atoms with Crippen LogP contribution < -0.4 is 20.5 Å². The van der Waals surface area contributed by atoms with Gasteiger partial charge in [-0.25, -0.2) is 9.37 Å². The number of ether oxygens (including phenoxy) is 2. The number of benzene rings is 1. The van der Waals surface area contributed by atoms with Gasteiger partial charge in [-0.1, -0.05) is 6.92 Å². The van der Waals surface area contributed by atoms with Crippen molar-refractivity contribution in [2.75, 3.05) is 20.4 Å². The van der Waals surface area contributed by atoms with E-state index < -0.39 is 18.5 Å². The summed E-state index contributed by atoms with van der Waals surface area (Å²) in [5.41, 5.74) is 5.62. The van der Waals surface area contributed by atoms with Gasteiger partial charge < -0.3 is 20.5 Å². The first-order valence-electron chi connectivity index (χ1n) is 7.74. The molecular formula is C17H20FN3O4. The number of pyridine rings is 1. The number of halogens is 1. The minimum absolute atomic E-state index is 0.133. The number of nitrogens with one attached hydrogen (secondary N) is 1. The Morgan fingerprint density at radius 2 is 2.16 bits per heavy atom. The fraction of sp³-hybridized carbons (Fsp3) is 0.353. The molecule has 0 bridgehead atoms. The van der Waals surface area contributed by atoms with Crippen LogP contribution in [0.5, 0.6) is 11.6 Å². The zero-order chi connectivity index (χ0) is 18.4. The maximum Gasteiger partial charge on any atom is 0.252 e. The van der Waals surface area contributed by atoms with Gasteiger partial charge in [-0.3, -0.25) is 9.59 Å². The van der Waals surface area contributed by atoms with Gasteiger partial charge in [-0.15, -0.1) is 0 Å². The molecule has 134 valence electrons. The van der Waals surface area contributed by atoms with E-state index in [9.17, 15) is 14.0 Å². The van der Waals surface area contributed by atoms with Crippen molar-refractivity contribution in [2.45, 2.75) is 19.4 Å². The number of aromatic nitrogens is 1. The predicted molar refractivity (Wildman–Crippen MR) is 90.5 cm³/mol. The molecule has 0 unspecified atom stereocenters. The highest BCUT2D eigenvalue weighted by atomic mass is 19.1. The Balaban J connectivity index is 2.29. The van der Waals surface area contributed by atoms with Crippen molar-refractivity contribution in [1.29, 1.82) is 0 Å². The lowest BCUT2D eigenvalue weighted by molar-refractivity contribution is -0.122. The minimum Gasteiger partial charge on any atom is -0.496 e. The van der Waals surface area contributed by atoms with Crippen LogP contribution in [-0.4, -0.2) is 43.2 Å². The molecule has 0 fully saturated rings. The van der Waals surface area contributed by atoms with E-state index in [0.717, 1.165) is 0 Å². The number of alkyl halides is 1. The Labute approximate surface area is 144 Å². The number of hydrogen-bond donors (Lipinski definition) is 2. The van der Waals surface area contributed by atoms with Gasteiger partial charge in [0, 0.05) is 11.6 Å². The normalized spacial score (nSPS) is 11.8. The van der Waals surface area contributed by atoms with E-state index in [0.29, 0.717) is 28.8 Å². The molecule has 0 aliphatic rings.